The minimum absolute atomic E-state index is 0.0216. The summed E-state index contributed by atoms with van der Waals surface area (Å²) < 4.78 is 25.5. The molecule has 30 heavy (non-hydrogen) atoms. The average Bonchev–Trinajstić information content (AvgIpc) is 3.45. The number of benzene rings is 2. The maximum absolute atomic E-state index is 14.1. The fourth-order valence-corrected chi connectivity index (χ4v) is 3.73. The molecule has 2 atom stereocenters. The highest BCUT2D eigenvalue weighted by Gasteiger charge is 2.20. The quantitative estimate of drug-likeness (QED) is 0.582. The Morgan fingerprint density at radius 2 is 1.97 bits per heavy atom. The number of rotatable bonds is 7. The van der Waals surface area contributed by atoms with Crippen LogP contribution in [0.4, 0.5) is 4.39 Å². The van der Waals surface area contributed by atoms with E-state index in [1.807, 2.05) is 13.0 Å². The van der Waals surface area contributed by atoms with Crippen molar-refractivity contribution in [1.82, 2.24) is 10.3 Å². The van der Waals surface area contributed by atoms with Crippen LogP contribution in [0.25, 0.3) is 22.8 Å². The number of carbonyl (C=O) groups is 1. The van der Waals surface area contributed by atoms with E-state index in [2.05, 4.69) is 10.3 Å². The molecule has 2 heterocycles. The molecule has 0 spiro atoms. The molecule has 2 aromatic carbocycles. The summed E-state index contributed by atoms with van der Waals surface area (Å²) in [6.07, 6.45) is 5.79. The topological polar surface area (TPSA) is 64.4 Å². The molecular weight excluding hydrogens is 383 g/mol. The Morgan fingerprint density at radius 1 is 1.20 bits per heavy atom. The van der Waals surface area contributed by atoms with Crippen molar-refractivity contribution in [2.75, 3.05) is 6.61 Å². The third-order valence-electron chi connectivity index (χ3n) is 5.37. The lowest BCUT2D eigenvalue weighted by Crippen LogP contribution is -2.33. The minimum atomic E-state index is -0.383. The Balaban J connectivity index is 1.48. The maximum Gasteiger partial charge on any atom is 0.252 e. The number of nitrogens with one attached hydrogen (secondary N) is 1. The molecule has 2 unspecified atom stereocenters. The monoisotopic (exact) mass is 408 g/mol. The third-order valence-corrected chi connectivity index (χ3v) is 5.37. The van der Waals surface area contributed by atoms with Gasteiger partial charge in [0.25, 0.3) is 5.91 Å². The van der Waals surface area contributed by atoms with Crippen LogP contribution in [0.15, 0.2) is 59.1 Å². The highest BCUT2D eigenvalue weighted by atomic mass is 19.1. The lowest BCUT2D eigenvalue weighted by molar-refractivity contribution is 0.0899. The first kappa shape index (κ1) is 20.3. The number of aromatic nitrogens is 1. The second-order valence-electron chi connectivity index (χ2n) is 7.64. The van der Waals surface area contributed by atoms with Crippen molar-refractivity contribution in [2.45, 2.75) is 44.8 Å². The molecule has 1 fully saturated rings. The predicted octanol–water partition coefficient (Wildman–Crippen LogP) is 5.23. The first-order valence-corrected chi connectivity index (χ1v) is 10.3. The predicted molar refractivity (Wildman–Crippen MR) is 112 cm³/mol. The highest BCUT2D eigenvalue weighted by molar-refractivity contribution is 6.00. The van der Waals surface area contributed by atoms with Gasteiger partial charge in [0.05, 0.1) is 23.4 Å². The molecule has 0 aliphatic carbocycles. The van der Waals surface area contributed by atoms with Crippen LogP contribution in [0, 0.1) is 5.82 Å². The van der Waals surface area contributed by atoms with E-state index in [0.29, 0.717) is 28.6 Å². The summed E-state index contributed by atoms with van der Waals surface area (Å²) in [6, 6.07) is 13.5. The van der Waals surface area contributed by atoms with Gasteiger partial charge >= 0.3 is 0 Å². The largest absolute Gasteiger partial charge is 0.436 e. The standard InChI is InChI=1S/C24H25FN2O3/c1-16(12-13-17-7-6-14-29-17)27-23(28)18-8-2-3-9-19(18)24-26-15-22(30-24)20-10-4-5-11-21(20)25/h2-5,8-11,15-17H,6-7,12-14H2,1H3,(H,27,28). The van der Waals surface area contributed by atoms with E-state index in [1.165, 1.54) is 12.3 Å². The normalized spacial score (nSPS) is 17.1. The Labute approximate surface area is 175 Å². The zero-order valence-electron chi connectivity index (χ0n) is 16.9. The van der Waals surface area contributed by atoms with Crippen molar-refractivity contribution in [2.24, 2.45) is 0 Å². The van der Waals surface area contributed by atoms with Crippen LogP contribution in [0.2, 0.25) is 0 Å². The maximum atomic E-state index is 14.1. The smallest absolute Gasteiger partial charge is 0.252 e. The van der Waals surface area contributed by atoms with E-state index in [4.69, 9.17) is 9.15 Å². The fourth-order valence-electron chi connectivity index (χ4n) is 3.73. The van der Waals surface area contributed by atoms with Crippen LogP contribution in [0.3, 0.4) is 0 Å². The summed E-state index contributed by atoms with van der Waals surface area (Å²) in [6.45, 7) is 2.83. The Kier molecular flexibility index (Phi) is 6.23. The van der Waals surface area contributed by atoms with Gasteiger partial charge in [-0.1, -0.05) is 24.3 Å². The number of carbonyl (C=O) groups excluding carboxylic acids is 1. The molecule has 1 aromatic heterocycles. The molecule has 0 saturated carbocycles. The summed E-state index contributed by atoms with van der Waals surface area (Å²) in [7, 11) is 0. The van der Waals surface area contributed by atoms with Crippen molar-refractivity contribution in [3.05, 3.63) is 66.1 Å². The van der Waals surface area contributed by atoms with Crippen LogP contribution in [-0.2, 0) is 4.74 Å². The second-order valence-corrected chi connectivity index (χ2v) is 7.64. The van der Waals surface area contributed by atoms with E-state index in [9.17, 15) is 9.18 Å². The van der Waals surface area contributed by atoms with Crippen molar-refractivity contribution < 1.29 is 18.3 Å². The summed E-state index contributed by atoms with van der Waals surface area (Å²) >= 11 is 0. The third kappa shape index (κ3) is 4.60. The van der Waals surface area contributed by atoms with Crippen LogP contribution in [0.1, 0.15) is 43.0 Å². The van der Waals surface area contributed by atoms with Crippen LogP contribution < -0.4 is 5.32 Å². The Morgan fingerprint density at radius 3 is 2.73 bits per heavy atom. The van der Waals surface area contributed by atoms with Crippen LogP contribution >= 0.6 is 0 Å². The number of oxazole rings is 1. The molecule has 6 heteroatoms. The van der Waals surface area contributed by atoms with E-state index >= 15 is 0 Å². The minimum Gasteiger partial charge on any atom is -0.436 e. The molecule has 4 rings (SSSR count). The van der Waals surface area contributed by atoms with Gasteiger partial charge in [0.1, 0.15) is 5.82 Å². The van der Waals surface area contributed by atoms with E-state index < -0.39 is 0 Å². The summed E-state index contributed by atoms with van der Waals surface area (Å²) in [4.78, 5) is 17.2. The molecular formula is C24H25FN2O3. The van der Waals surface area contributed by atoms with E-state index in [-0.39, 0.29) is 23.7 Å². The van der Waals surface area contributed by atoms with Gasteiger partial charge in [-0.25, -0.2) is 9.37 Å². The molecule has 0 radical (unpaired) electrons. The molecule has 5 nitrogen and oxygen atoms in total. The number of halogens is 1. The number of hydrogen-bond donors (Lipinski definition) is 1. The number of hydrogen-bond acceptors (Lipinski definition) is 4. The van der Waals surface area contributed by atoms with Gasteiger partial charge in [-0.15, -0.1) is 0 Å². The summed E-state index contributed by atoms with van der Waals surface area (Å²) in [5, 5.41) is 3.05. The molecule has 0 bridgehead atoms. The molecule has 1 amide bonds. The van der Waals surface area contributed by atoms with E-state index in [0.717, 1.165) is 32.3 Å². The number of amides is 1. The van der Waals surface area contributed by atoms with Crippen molar-refractivity contribution in [3.63, 3.8) is 0 Å². The van der Waals surface area contributed by atoms with Crippen molar-refractivity contribution in [1.29, 1.82) is 0 Å². The Bertz CT molecular complexity index is 1010. The molecule has 1 saturated heterocycles. The molecule has 1 aliphatic rings. The van der Waals surface area contributed by atoms with Crippen molar-refractivity contribution >= 4 is 5.91 Å². The van der Waals surface area contributed by atoms with Gasteiger partial charge < -0.3 is 14.5 Å². The van der Waals surface area contributed by atoms with Gasteiger partial charge in [0, 0.05) is 18.2 Å². The molecule has 1 N–H and O–H groups in total. The first-order valence-electron chi connectivity index (χ1n) is 10.3. The molecule has 1 aliphatic heterocycles. The Hall–Kier alpha value is -2.99. The van der Waals surface area contributed by atoms with Crippen molar-refractivity contribution in [3.8, 4) is 22.8 Å². The lowest BCUT2D eigenvalue weighted by atomic mass is 10.0. The van der Waals surface area contributed by atoms with Gasteiger partial charge in [0.2, 0.25) is 5.89 Å². The molecule has 156 valence electrons. The number of ether oxygens (including phenoxy) is 1. The second kappa shape index (κ2) is 9.22. The van der Waals surface area contributed by atoms with Gasteiger partial charge in [-0.2, -0.15) is 0 Å². The van der Waals surface area contributed by atoms with Gasteiger partial charge in [0.15, 0.2) is 5.76 Å². The lowest BCUT2D eigenvalue weighted by Gasteiger charge is -2.17. The fraction of sp³-hybridized carbons (Fsp3) is 0.333. The highest BCUT2D eigenvalue weighted by Crippen LogP contribution is 2.29. The molecule has 3 aromatic rings. The SMILES string of the molecule is CC(CCC1CCCO1)NC(=O)c1ccccc1-c1ncc(-c2ccccc2F)o1. The zero-order chi connectivity index (χ0) is 20.9. The zero-order valence-corrected chi connectivity index (χ0v) is 16.9. The van der Waals surface area contributed by atoms with Gasteiger partial charge in [-0.3, -0.25) is 4.79 Å². The number of nitrogens with zero attached hydrogens (tertiary/aromatic N) is 1. The van der Waals surface area contributed by atoms with Gasteiger partial charge in [-0.05, 0) is 56.9 Å². The van der Waals surface area contributed by atoms with Crippen LogP contribution in [0.5, 0.6) is 0 Å². The van der Waals surface area contributed by atoms with Crippen LogP contribution in [-0.4, -0.2) is 29.6 Å². The summed E-state index contributed by atoms with van der Waals surface area (Å²) in [5.74, 6) is 0.0385. The average molecular weight is 408 g/mol. The van der Waals surface area contributed by atoms with E-state index in [1.54, 1.807) is 36.4 Å². The summed E-state index contributed by atoms with van der Waals surface area (Å²) in [5.41, 5.74) is 1.38. The first-order chi connectivity index (χ1) is 14.6.